The molecule has 3 N–H and O–H groups in total. The Balaban J connectivity index is 2.30. The zero-order valence-electron chi connectivity index (χ0n) is 9.27. The Kier molecular flexibility index (Phi) is 4.46. The number of alkyl halides is 2. The number of halogens is 2. The fourth-order valence-corrected chi connectivity index (χ4v) is 2.15. The Morgan fingerprint density at radius 1 is 1.50 bits per heavy atom. The van der Waals surface area contributed by atoms with Crippen LogP contribution >= 0.6 is 0 Å². The van der Waals surface area contributed by atoms with Gasteiger partial charge in [0, 0.05) is 19.6 Å². The molecule has 6 heteroatoms. The number of nitrogens with zero attached hydrogens (tertiary/aromatic N) is 1. The number of carboxylic acid groups (broad SMARTS) is 1. The summed E-state index contributed by atoms with van der Waals surface area (Å²) in [6, 6.07) is -0.358. The van der Waals surface area contributed by atoms with E-state index in [4.69, 9.17) is 10.8 Å². The highest BCUT2D eigenvalue weighted by molar-refractivity contribution is 5.64. The van der Waals surface area contributed by atoms with E-state index in [1.165, 1.54) is 7.05 Å². The summed E-state index contributed by atoms with van der Waals surface area (Å²) in [6.45, 7) is 0.194. The van der Waals surface area contributed by atoms with E-state index < -0.39 is 18.4 Å². The molecule has 0 aliphatic heterocycles. The molecule has 0 bridgehead atoms. The molecule has 94 valence electrons. The van der Waals surface area contributed by atoms with Gasteiger partial charge in [-0.1, -0.05) is 0 Å². The van der Waals surface area contributed by atoms with Crippen molar-refractivity contribution in [3.05, 3.63) is 0 Å². The Morgan fingerprint density at radius 3 is 2.44 bits per heavy atom. The lowest BCUT2D eigenvalue weighted by Gasteiger charge is -2.20. The molecule has 0 aromatic heterocycles. The summed E-state index contributed by atoms with van der Waals surface area (Å²) >= 11 is 0. The second-order valence-electron chi connectivity index (χ2n) is 4.53. The van der Waals surface area contributed by atoms with Crippen LogP contribution in [-0.4, -0.2) is 48.1 Å². The van der Waals surface area contributed by atoms with Gasteiger partial charge in [-0.05, 0) is 25.2 Å². The fraction of sp³-hybridized carbons (Fsp3) is 0.900. The van der Waals surface area contributed by atoms with Crippen molar-refractivity contribution in [2.75, 3.05) is 13.6 Å². The first-order valence-electron chi connectivity index (χ1n) is 5.38. The molecule has 16 heavy (non-hydrogen) atoms. The molecule has 1 aliphatic carbocycles. The van der Waals surface area contributed by atoms with E-state index in [1.54, 1.807) is 0 Å². The summed E-state index contributed by atoms with van der Waals surface area (Å²) in [7, 11) is 1.42. The van der Waals surface area contributed by atoms with Gasteiger partial charge < -0.3 is 15.7 Å². The van der Waals surface area contributed by atoms with Gasteiger partial charge in [-0.15, -0.1) is 0 Å². The van der Waals surface area contributed by atoms with E-state index in [0.717, 1.165) is 4.90 Å². The molecule has 1 rings (SSSR count). The smallest absolute Gasteiger partial charge is 0.407 e. The Bertz CT molecular complexity index is 243. The predicted octanol–water partition coefficient (Wildman–Crippen LogP) is 1.40. The Morgan fingerprint density at radius 2 is 2.00 bits per heavy atom. The van der Waals surface area contributed by atoms with Gasteiger partial charge in [0.2, 0.25) is 0 Å². The first kappa shape index (κ1) is 13.2. The van der Waals surface area contributed by atoms with E-state index in [0.29, 0.717) is 6.42 Å². The van der Waals surface area contributed by atoms with Crippen LogP contribution in [0.25, 0.3) is 0 Å². The number of hydrogen-bond donors (Lipinski definition) is 2. The molecule has 0 saturated heterocycles. The molecular formula is C10H18F2N2O2. The summed E-state index contributed by atoms with van der Waals surface area (Å²) in [5, 5.41) is 8.63. The van der Waals surface area contributed by atoms with Crippen molar-refractivity contribution in [2.45, 2.75) is 37.6 Å². The van der Waals surface area contributed by atoms with E-state index in [2.05, 4.69) is 0 Å². The van der Waals surface area contributed by atoms with Gasteiger partial charge in [-0.2, -0.15) is 0 Å². The van der Waals surface area contributed by atoms with Crippen molar-refractivity contribution in [3.63, 3.8) is 0 Å². The number of nitrogens with two attached hydrogens (primary N) is 1. The molecule has 1 fully saturated rings. The van der Waals surface area contributed by atoms with Gasteiger partial charge in [0.25, 0.3) is 0 Å². The quantitative estimate of drug-likeness (QED) is 0.775. The van der Waals surface area contributed by atoms with Gasteiger partial charge in [-0.3, -0.25) is 0 Å². The van der Waals surface area contributed by atoms with Crippen molar-refractivity contribution in [2.24, 2.45) is 11.7 Å². The van der Waals surface area contributed by atoms with E-state index in [9.17, 15) is 13.6 Å². The van der Waals surface area contributed by atoms with Crippen molar-refractivity contribution >= 4 is 6.09 Å². The highest BCUT2D eigenvalue weighted by atomic mass is 19.2. The van der Waals surface area contributed by atoms with Gasteiger partial charge in [0.05, 0.1) is 0 Å². The molecule has 1 amide bonds. The maximum absolute atomic E-state index is 12.9. The predicted molar refractivity (Wildman–Crippen MR) is 55.8 cm³/mol. The summed E-state index contributed by atoms with van der Waals surface area (Å²) in [4.78, 5) is 11.6. The molecule has 1 saturated carbocycles. The molecule has 1 aliphatic rings. The van der Waals surface area contributed by atoms with Crippen LogP contribution in [-0.2, 0) is 0 Å². The Labute approximate surface area is 93.4 Å². The van der Waals surface area contributed by atoms with Gasteiger partial charge in [-0.25, -0.2) is 13.6 Å². The van der Waals surface area contributed by atoms with Crippen LogP contribution in [0, 0.1) is 5.92 Å². The minimum atomic E-state index is -1.38. The van der Waals surface area contributed by atoms with Gasteiger partial charge >= 0.3 is 6.09 Å². The third-order valence-corrected chi connectivity index (χ3v) is 2.98. The number of amides is 1. The van der Waals surface area contributed by atoms with Crippen molar-refractivity contribution in [3.8, 4) is 0 Å². The normalized spacial score (nSPS) is 31.4. The lowest BCUT2D eigenvalue weighted by molar-refractivity contribution is 0.151. The topological polar surface area (TPSA) is 66.6 Å². The molecule has 0 aromatic carbocycles. The van der Waals surface area contributed by atoms with Crippen molar-refractivity contribution in [1.82, 2.24) is 4.90 Å². The number of carbonyl (C=O) groups is 1. The third-order valence-electron chi connectivity index (χ3n) is 2.98. The number of rotatable bonds is 4. The average Bonchev–Trinajstić information content (AvgIpc) is 2.45. The van der Waals surface area contributed by atoms with Crippen molar-refractivity contribution < 1.29 is 18.7 Å². The number of likely N-dealkylation sites (N-methyl/N-ethyl adjacent to an activating group) is 1. The second-order valence-corrected chi connectivity index (χ2v) is 4.53. The summed E-state index contributed by atoms with van der Waals surface area (Å²) in [6.07, 6.45) is -2.94. The molecule has 0 spiro atoms. The van der Waals surface area contributed by atoms with Crippen LogP contribution in [0.3, 0.4) is 0 Å². The molecule has 0 aromatic rings. The standard InChI is InChI=1S/C10H18F2N2O2/c1-14(10(15)16)5-7(13)2-6-3-8(11)9(12)4-6/h6-9H,2-5,13H2,1H3,(H,15,16)/t6-,7-,8+,9-/m1/s1. The molecular weight excluding hydrogens is 218 g/mol. The average molecular weight is 236 g/mol. The van der Waals surface area contributed by atoms with Crippen LogP contribution in [0.4, 0.5) is 13.6 Å². The molecule has 0 heterocycles. The molecule has 4 nitrogen and oxygen atoms in total. The monoisotopic (exact) mass is 236 g/mol. The molecule has 4 atom stereocenters. The minimum absolute atomic E-state index is 0.0674. The second kappa shape index (κ2) is 5.43. The highest BCUT2D eigenvalue weighted by Gasteiger charge is 2.35. The largest absolute Gasteiger partial charge is 0.465 e. The first-order valence-corrected chi connectivity index (χ1v) is 5.38. The van der Waals surface area contributed by atoms with Gasteiger partial charge in [0.15, 0.2) is 0 Å². The van der Waals surface area contributed by atoms with E-state index in [1.807, 2.05) is 0 Å². The first-order chi connectivity index (χ1) is 7.40. The zero-order chi connectivity index (χ0) is 12.3. The summed E-state index contributed by atoms with van der Waals surface area (Å²) in [5.41, 5.74) is 5.73. The van der Waals surface area contributed by atoms with Crippen molar-refractivity contribution in [1.29, 1.82) is 0 Å². The Hall–Kier alpha value is -0.910. The van der Waals surface area contributed by atoms with E-state index >= 15 is 0 Å². The maximum Gasteiger partial charge on any atom is 0.407 e. The minimum Gasteiger partial charge on any atom is -0.465 e. The van der Waals surface area contributed by atoms with Crippen LogP contribution in [0.5, 0.6) is 0 Å². The third kappa shape index (κ3) is 3.59. The van der Waals surface area contributed by atoms with Crippen LogP contribution in [0.15, 0.2) is 0 Å². The lowest BCUT2D eigenvalue weighted by Crippen LogP contribution is -2.39. The van der Waals surface area contributed by atoms with Crippen LogP contribution < -0.4 is 5.73 Å². The maximum atomic E-state index is 12.9. The van der Waals surface area contributed by atoms with E-state index in [-0.39, 0.29) is 31.3 Å². The van der Waals surface area contributed by atoms with Crippen LogP contribution in [0.1, 0.15) is 19.3 Å². The summed E-state index contributed by atoms with van der Waals surface area (Å²) in [5.74, 6) is -0.0674. The number of hydrogen-bond acceptors (Lipinski definition) is 2. The lowest BCUT2D eigenvalue weighted by atomic mass is 9.98. The van der Waals surface area contributed by atoms with Gasteiger partial charge in [0.1, 0.15) is 12.3 Å². The highest BCUT2D eigenvalue weighted by Crippen LogP contribution is 2.33. The summed E-state index contributed by atoms with van der Waals surface area (Å²) < 4.78 is 25.8. The van der Waals surface area contributed by atoms with Crippen LogP contribution in [0.2, 0.25) is 0 Å². The molecule has 0 radical (unpaired) electrons. The zero-order valence-corrected chi connectivity index (χ0v) is 9.27. The fourth-order valence-electron chi connectivity index (χ4n) is 2.15. The SMILES string of the molecule is CN(C[C@H](N)C[C@H]1C[C@@H](F)[C@@H](F)C1)C(=O)O. The molecule has 0 unspecified atom stereocenters.